The van der Waals surface area contributed by atoms with Crippen LogP contribution in [0.1, 0.15) is 0 Å². The molecule has 0 amide bonds. The molecule has 2 heteroatoms. The largest absolute Gasteiger partial charge is 0.143 e. The van der Waals surface area contributed by atoms with E-state index in [9.17, 15) is 0 Å². The molecule has 0 radical (unpaired) electrons. The number of rotatable bonds is 0. The molecule has 1 aromatic carbocycles. The lowest BCUT2D eigenvalue weighted by atomic mass is 10.4. The number of hydrogen-bond donors (Lipinski definition) is 1. The predicted molar refractivity (Wildman–Crippen MR) is 37.8 cm³/mol. The molecule has 1 aliphatic heterocycles. The van der Waals surface area contributed by atoms with Crippen LogP contribution >= 0.6 is 24.4 Å². The summed E-state index contributed by atoms with van der Waals surface area (Å²) in [6.45, 7) is 0. The van der Waals surface area contributed by atoms with E-state index >= 15 is 0 Å². The molecule has 0 spiro atoms. The summed E-state index contributed by atoms with van der Waals surface area (Å²) in [5, 5.41) is 0. The van der Waals surface area contributed by atoms with E-state index in [2.05, 4.69) is 24.8 Å². The van der Waals surface area contributed by atoms with Crippen molar-refractivity contribution in [2.45, 2.75) is 14.7 Å². The van der Waals surface area contributed by atoms with E-state index in [0.717, 1.165) is 4.90 Å². The van der Waals surface area contributed by atoms with Gasteiger partial charge in [0, 0.05) is 14.7 Å². The molecule has 1 heterocycles. The second kappa shape index (κ2) is 1.45. The van der Waals surface area contributed by atoms with Crippen LogP contribution in [-0.2, 0) is 0 Å². The Morgan fingerprint density at radius 1 is 1.25 bits per heavy atom. The summed E-state index contributed by atoms with van der Waals surface area (Å²) in [5.41, 5.74) is 0. The molecule has 0 nitrogen and oxygen atoms in total. The van der Waals surface area contributed by atoms with E-state index in [-0.39, 0.29) is 0 Å². The second-order valence-electron chi connectivity index (χ2n) is 1.73. The van der Waals surface area contributed by atoms with E-state index in [1.54, 1.807) is 0 Å². The van der Waals surface area contributed by atoms with Crippen molar-refractivity contribution in [3.05, 3.63) is 18.2 Å². The molecule has 1 aliphatic rings. The molecule has 2 rings (SSSR count). The van der Waals surface area contributed by atoms with Gasteiger partial charge in [0.2, 0.25) is 0 Å². The minimum absolute atomic E-state index is 1.06. The first-order chi connectivity index (χ1) is 3.86. The van der Waals surface area contributed by atoms with E-state index in [4.69, 9.17) is 0 Å². The highest BCUT2D eigenvalue weighted by molar-refractivity contribution is 8.05. The van der Waals surface area contributed by atoms with E-state index in [1.807, 2.05) is 17.8 Å². The minimum Gasteiger partial charge on any atom is -0.143 e. The average molecular weight is 140 g/mol. The number of benzene rings is 1. The fourth-order valence-corrected chi connectivity index (χ4v) is 1.58. The maximum Gasteiger partial charge on any atom is 0.0273 e. The van der Waals surface area contributed by atoms with Gasteiger partial charge in [-0.25, -0.2) is 0 Å². The van der Waals surface area contributed by atoms with Crippen LogP contribution in [0.15, 0.2) is 32.9 Å². The maximum atomic E-state index is 4.17. The first kappa shape index (κ1) is 4.77. The molecule has 1 aromatic rings. The molecule has 0 bridgehead atoms. The summed E-state index contributed by atoms with van der Waals surface area (Å²) in [5.74, 6) is 0. The fraction of sp³-hybridized carbons (Fsp3) is 0. The summed E-state index contributed by atoms with van der Waals surface area (Å²) in [7, 11) is 0. The van der Waals surface area contributed by atoms with Crippen LogP contribution in [0.4, 0.5) is 0 Å². The first-order valence-electron chi connectivity index (χ1n) is 2.37. The molecular weight excluding hydrogens is 136 g/mol. The molecule has 0 unspecified atom stereocenters. The van der Waals surface area contributed by atoms with Crippen LogP contribution < -0.4 is 0 Å². The first-order valence-corrected chi connectivity index (χ1v) is 3.63. The molecule has 0 N–H and O–H groups in total. The molecule has 0 atom stereocenters. The zero-order valence-corrected chi connectivity index (χ0v) is 5.80. The van der Waals surface area contributed by atoms with Gasteiger partial charge in [0.25, 0.3) is 0 Å². The van der Waals surface area contributed by atoms with Crippen LogP contribution in [0, 0.1) is 0 Å². The quantitative estimate of drug-likeness (QED) is 0.433. The molecule has 0 saturated heterocycles. The van der Waals surface area contributed by atoms with Crippen molar-refractivity contribution in [1.29, 1.82) is 0 Å². The van der Waals surface area contributed by atoms with Gasteiger partial charge in [-0.05, 0) is 18.2 Å². The average Bonchev–Trinajstić information content (AvgIpc) is 2.43. The standard InChI is InChI=1S/C6H4S2/c7-4-1-2-5-6(3-4)8-5/h1-3,7H. The van der Waals surface area contributed by atoms with Crippen molar-refractivity contribution in [3.63, 3.8) is 0 Å². The van der Waals surface area contributed by atoms with Crippen molar-refractivity contribution in [2.24, 2.45) is 0 Å². The Kier molecular flexibility index (Phi) is 0.866. The Morgan fingerprint density at radius 2 is 2.12 bits per heavy atom. The SMILES string of the molecule is Sc1ccc2c(c1)S2. The minimum atomic E-state index is 1.06. The van der Waals surface area contributed by atoms with Gasteiger partial charge in [-0.15, -0.1) is 12.6 Å². The van der Waals surface area contributed by atoms with Crippen molar-refractivity contribution in [2.75, 3.05) is 0 Å². The van der Waals surface area contributed by atoms with Gasteiger partial charge in [-0.2, -0.15) is 0 Å². The topological polar surface area (TPSA) is 0 Å². The van der Waals surface area contributed by atoms with E-state index in [0.29, 0.717) is 0 Å². The lowest BCUT2D eigenvalue weighted by molar-refractivity contribution is 1.29. The zero-order valence-electron chi connectivity index (χ0n) is 4.09. The molecular formula is C6H4S2. The van der Waals surface area contributed by atoms with E-state index < -0.39 is 0 Å². The van der Waals surface area contributed by atoms with Crippen LogP contribution in [-0.4, -0.2) is 0 Å². The van der Waals surface area contributed by atoms with Crippen LogP contribution in [0.2, 0.25) is 0 Å². The normalized spacial score (nSPS) is 13.1. The predicted octanol–water partition coefficient (Wildman–Crippen LogP) is 2.44. The van der Waals surface area contributed by atoms with Gasteiger partial charge in [0.15, 0.2) is 0 Å². The summed E-state index contributed by atoms with van der Waals surface area (Å²) < 4.78 is 0. The van der Waals surface area contributed by atoms with Gasteiger partial charge < -0.3 is 0 Å². The third-order valence-corrected chi connectivity index (χ3v) is 2.31. The van der Waals surface area contributed by atoms with Crippen LogP contribution in [0.5, 0.6) is 0 Å². The Hall–Kier alpha value is -0.0800. The third-order valence-electron chi connectivity index (χ3n) is 1.11. The van der Waals surface area contributed by atoms with Crippen LogP contribution in [0.25, 0.3) is 0 Å². The summed E-state index contributed by atoms with van der Waals surface area (Å²) in [4.78, 5) is 3.86. The highest BCUT2D eigenvalue weighted by atomic mass is 32.2. The monoisotopic (exact) mass is 140 g/mol. The van der Waals surface area contributed by atoms with Crippen molar-refractivity contribution in [1.82, 2.24) is 0 Å². The van der Waals surface area contributed by atoms with Crippen molar-refractivity contribution in [3.8, 4) is 0 Å². The summed E-state index contributed by atoms with van der Waals surface area (Å²) >= 11 is 6.00. The highest BCUT2D eigenvalue weighted by Gasteiger charge is 2.16. The number of thiol groups is 1. The highest BCUT2D eigenvalue weighted by Crippen LogP contribution is 2.48. The lowest BCUT2D eigenvalue weighted by Crippen LogP contribution is -1.56. The zero-order chi connectivity index (χ0) is 5.56. The van der Waals surface area contributed by atoms with Gasteiger partial charge in [0.05, 0.1) is 0 Å². The third kappa shape index (κ3) is 0.644. The van der Waals surface area contributed by atoms with Gasteiger partial charge in [0.1, 0.15) is 0 Å². The smallest absolute Gasteiger partial charge is 0.0273 e. The Labute approximate surface area is 57.7 Å². The van der Waals surface area contributed by atoms with E-state index in [1.165, 1.54) is 9.79 Å². The summed E-state index contributed by atoms with van der Waals surface area (Å²) in [6.07, 6.45) is 0. The van der Waals surface area contributed by atoms with Gasteiger partial charge in [-0.3, -0.25) is 0 Å². The van der Waals surface area contributed by atoms with Gasteiger partial charge in [-0.1, -0.05) is 11.8 Å². The Balaban J connectivity index is 2.64. The number of fused-ring (bicyclic) bond motifs is 1. The molecule has 0 fully saturated rings. The molecule has 0 aromatic heterocycles. The number of hydrogen-bond acceptors (Lipinski definition) is 2. The lowest BCUT2D eigenvalue weighted by Gasteiger charge is -1.79. The maximum absolute atomic E-state index is 4.17. The Bertz CT molecular complexity index is 229. The van der Waals surface area contributed by atoms with Crippen LogP contribution in [0.3, 0.4) is 0 Å². The molecule has 40 valence electrons. The van der Waals surface area contributed by atoms with Crippen molar-refractivity contribution >= 4 is 24.4 Å². The Morgan fingerprint density at radius 3 is 2.75 bits per heavy atom. The van der Waals surface area contributed by atoms with Crippen molar-refractivity contribution < 1.29 is 0 Å². The van der Waals surface area contributed by atoms with Gasteiger partial charge >= 0.3 is 0 Å². The molecule has 0 saturated carbocycles. The molecule has 0 aliphatic carbocycles. The molecule has 8 heavy (non-hydrogen) atoms. The second-order valence-corrected chi connectivity index (χ2v) is 3.33. The summed E-state index contributed by atoms with van der Waals surface area (Å²) in [6, 6.07) is 6.20. The fourth-order valence-electron chi connectivity index (χ4n) is 0.653.